The molecule has 1 atom stereocenters. The third-order valence-electron chi connectivity index (χ3n) is 6.39. The summed E-state index contributed by atoms with van der Waals surface area (Å²) in [6.45, 7) is 5.35. The molecule has 0 radical (unpaired) electrons. The summed E-state index contributed by atoms with van der Waals surface area (Å²) >= 11 is 0. The Bertz CT molecular complexity index is 1060. The van der Waals surface area contributed by atoms with Crippen LogP contribution in [0.2, 0.25) is 0 Å². The number of hydrogen-bond acceptors (Lipinski definition) is 3. The number of imidazole rings is 1. The summed E-state index contributed by atoms with van der Waals surface area (Å²) in [5.74, 6) is 1.78. The van der Waals surface area contributed by atoms with Gasteiger partial charge in [-0.25, -0.2) is 4.98 Å². The molecule has 3 aromatic rings. The lowest BCUT2D eigenvalue weighted by Crippen LogP contribution is -2.34. The molecule has 5 rings (SSSR count). The van der Waals surface area contributed by atoms with Gasteiger partial charge in [0, 0.05) is 30.8 Å². The number of fused-ring (bicyclic) bond motifs is 1. The first-order valence-electron chi connectivity index (χ1n) is 10.3. The molecule has 0 N–H and O–H groups in total. The highest BCUT2D eigenvalue weighted by atomic mass is 16.2. The zero-order chi connectivity index (χ0) is 19.4. The van der Waals surface area contributed by atoms with E-state index >= 15 is 0 Å². The van der Waals surface area contributed by atoms with Crippen LogP contribution in [-0.2, 0) is 18.4 Å². The molecule has 146 valence electrons. The molecule has 2 aromatic heterocycles. The maximum atomic E-state index is 13.4. The average Bonchev–Trinajstić information content (AvgIpc) is 3.21. The molecule has 1 aliphatic carbocycles. The van der Waals surface area contributed by atoms with Gasteiger partial charge in [0.25, 0.3) is 0 Å². The topological polar surface area (TPSA) is 56.0 Å². The van der Waals surface area contributed by atoms with Crippen molar-refractivity contribution < 1.29 is 4.79 Å². The summed E-state index contributed by atoms with van der Waals surface area (Å²) in [7, 11) is 1.98. The van der Waals surface area contributed by atoms with Crippen LogP contribution >= 0.6 is 0 Å². The Morgan fingerprint density at radius 1 is 1.18 bits per heavy atom. The van der Waals surface area contributed by atoms with Gasteiger partial charge in [-0.3, -0.25) is 9.48 Å². The van der Waals surface area contributed by atoms with Gasteiger partial charge in [-0.2, -0.15) is 5.10 Å². The molecule has 0 bridgehead atoms. The number of aryl methyl sites for hydroxylation is 2. The Balaban J connectivity index is 1.47. The Morgan fingerprint density at radius 2 is 1.96 bits per heavy atom. The predicted octanol–water partition coefficient (Wildman–Crippen LogP) is 3.63. The van der Waals surface area contributed by atoms with Crippen LogP contribution < -0.4 is 0 Å². The summed E-state index contributed by atoms with van der Waals surface area (Å²) < 4.78 is 4.09. The van der Waals surface area contributed by atoms with Crippen molar-refractivity contribution in [3.63, 3.8) is 0 Å². The predicted molar refractivity (Wildman–Crippen MR) is 108 cm³/mol. The van der Waals surface area contributed by atoms with E-state index < -0.39 is 0 Å². The number of aromatic nitrogens is 4. The van der Waals surface area contributed by atoms with Crippen LogP contribution in [0.1, 0.15) is 60.4 Å². The fourth-order valence-electron chi connectivity index (χ4n) is 4.78. The molecule has 6 heteroatoms. The van der Waals surface area contributed by atoms with Crippen LogP contribution in [0.4, 0.5) is 0 Å². The van der Waals surface area contributed by atoms with Crippen molar-refractivity contribution in [3.05, 3.63) is 47.0 Å². The molecule has 3 heterocycles. The van der Waals surface area contributed by atoms with Gasteiger partial charge < -0.3 is 9.47 Å². The van der Waals surface area contributed by atoms with Gasteiger partial charge in [0.1, 0.15) is 12.4 Å². The first-order chi connectivity index (χ1) is 13.5. The van der Waals surface area contributed by atoms with Gasteiger partial charge in [-0.1, -0.05) is 12.1 Å². The van der Waals surface area contributed by atoms with Crippen LogP contribution in [0.25, 0.3) is 11.0 Å². The summed E-state index contributed by atoms with van der Waals surface area (Å²) in [4.78, 5) is 20.3. The fourth-order valence-corrected chi connectivity index (χ4v) is 4.78. The lowest BCUT2D eigenvalue weighted by molar-refractivity contribution is -0.132. The van der Waals surface area contributed by atoms with Crippen LogP contribution in [-0.4, -0.2) is 36.7 Å². The monoisotopic (exact) mass is 377 g/mol. The molecular formula is C22H27N5O. The molecule has 0 spiro atoms. The minimum atomic E-state index is 0.139. The van der Waals surface area contributed by atoms with Crippen molar-refractivity contribution >= 4 is 16.9 Å². The van der Waals surface area contributed by atoms with Crippen LogP contribution in [0.15, 0.2) is 24.3 Å². The number of carbonyl (C=O) groups excluding carboxylic acids is 1. The van der Waals surface area contributed by atoms with Crippen LogP contribution in [0.5, 0.6) is 0 Å². The SMILES string of the molecule is Cc1nn(C)c(C)c1C1CCCN1C(=O)Cn1c(C2CC2)nc2ccccc21. The van der Waals surface area contributed by atoms with Gasteiger partial charge >= 0.3 is 0 Å². The Kier molecular flexibility index (Phi) is 4.03. The number of benzene rings is 1. The van der Waals surface area contributed by atoms with Crippen molar-refractivity contribution in [2.75, 3.05) is 6.54 Å². The maximum absolute atomic E-state index is 13.4. The molecule has 2 aliphatic rings. The lowest BCUT2D eigenvalue weighted by atomic mass is 10.0. The van der Waals surface area contributed by atoms with Crippen LogP contribution in [0.3, 0.4) is 0 Å². The number of para-hydroxylation sites is 2. The third kappa shape index (κ3) is 2.74. The second-order valence-electron chi connectivity index (χ2n) is 8.27. The van der Waals surface area contributed by atoms with E-state index in [1.807, 2.05) is 29.9 Å². The maximum Gasteiger partial charge on any atom is 0.243 e. The normalized spacial score (nSPS) is 19.7. The van der Waals surface area contributed by atoms with Gasteiger partial charge in [-0.05, 0) is 51.7 Å². The zero-order valence-corrected chi connectivity index (χ0v) is 16.9. The number of rotatable bonds is 4. The van der Waals surface area contributed by atoms with Crippen molar-refractivity contribution in [1.29, 1.82) is 0 Å². The molecule has 6 nitrogen and oxygen atoms in total. The number of likely N-dealkylation sites (tertiary alicyclic amines) is 1. The second kappa shape index (κ2) is 6.47. The van der Waals surface area contributed by atoms with Gasteiger partial charge in [0.15, 0.2) is 0 Å². The number of carbonyl (C=O) groups is 1. The molecule has 1 amide bonds. The standard InChI is InChI=1S/C22H27N5O/c1-14-21(15(2)25(3)24-14)19-9-6-12-26(19)20(28)13-27-18-8-5-4-7-17(18)23-22(27)16-10-11-16/h4-5,7-8,16,19H,6,9-13H2,1-3H3. The minimum absolute atomic E-state index is 0.139. The van der Waals surface area contributed by atoms with E-state index in [-0.39, 0.29) is 11.9 Å². The highest BCUT2D eigenvalue weighted by Crippen LogP contribution is 2.41. The van der Waals surface area contributed by atoms with E-state index in [0.717, 1.165) is 47.6 Å². The summed E-state index contributed by atoms with van der Waals surface area (Å²) in [5, 5.41) is 4.57. The number of hydrogen-bond donors (Lipinski definition) is 0. The van der Waals surface area contributed by atoms with E-state index in [4.69, 9.17) is 4.98 Å². The lowest BCUT2D eigenvalue weighted by Gasteiger charge is -2.26. The van der Waals surface area contributed by atoms with E-state index in [0.29, 0.717) is 12.5 Å². The average molecular weight is 377 g/mol. The molecule has 1 aliphatic heterocycles. The van der Waals surface area contributed by atoms with Crippen molar-refractivity contribution in [2.45, 2.75) is 58.0 Å². The Morgan fingerprint density at radius 3 is 2.68 bits per heavy atom. The summed E-state index contributed by atoms with van der Waals surface area (Å²) in [6.07, 6.45) is 4.42. The first-order valence-corrected chi connectivity index (χ1v) is 10.3. The first kappa shape index (κ1) is 17.5. The summed E-state index contributed by atoms with van der Waals surface area (Å²) in [5.41, 5.74) is 5.49. The van der Waals surface area contributed by atoms with E-state index in [1.54, 1.807) is 0 Å². The Labute approximate surface area is 165 Å². The van der Waals surface area contributed by atoms with Crippen molar-refractivity contribution in [1.82, 2.24) is 24.2 Å². The highest BCUT2D eigenvalue weighted by molar-refractivity contribution is 5.82. The fraction of sp³-hybridized carbons (Fsp3) is 0.500. The zero-order valence-electron chi connectivity index (χ0n) is 16.9. The molecule has 1 aromatic carbocycles. The number of nitrogens with zero attached hydrogens (tertiary/aromatic N) is 5. The molecule has 1 unspecified atom stereocenters. The van der Waals surface area contributed by atoms with Gasteiger partial charge in [0.2, 0.25) is 5.91 Å². The highest BCUT2D eigenvalue weighted by Gasteiger charge is 2.35. The molecule has 1 saturated heterocycles. The van der Waals surface area contributed by atoms with E-state index in [1.165, 1.54) is 18.4 Å². The minimum Gasteiger partial charge on any atom is -0.334 e. The van der Waals surface area contributed by atoms with E-state index in [2.05, 4.69) is 34.5 Å². The van der Waals surface area contributed by atoms with Crippen LogP contribution in [0, 0.1) is 13.8 Å². The number of amides is 1. The second-order valence-corrected chi connectivity index (χ2v) is 8.27. The quantitative estimate of drug-likeness (QED) is 0.698. The third-order valence-corrected chi connectivity index (χ3v) is 6.39. The smallest absolute Gasteiger partial charge is 0.243 e. The molecule has 2 fully saturated rings. The van der Waals surface area contributed by atoms with Gasteiger partial charge in [0.05, 0.1) is 22.8 Å². The van der Waals surface area contributed by atoms with Gasteiger partial charge in [-0.15, -0.1) is 0 Å². The van der Waals surface area contributed by atoms with Crippen molar-refractivity contribution in [3.8, 4) is 0 Å². The Hall–Kier alpha value is -2.63. The summed E-state index contributed by atoms with van der Waals surface area (Å²) in [6, 6.07) is 8.31. The molecular weight excluding hydrogens is 350 g/mol. The molecule has 1 saturated carbocycles. The largest absolute Gasteiger partial charge is 0.334 e. The van der Waals surface area contributed by atoms with E-state index in [9.17, 15) is 4.79 Å². The van der Waals surface area contributed by atoms with Crippen molar-refractivity contribution in [2.24, 2.45) is 7.05 Å². The molecule has 28 heavy (non-hydrogen) atoms.